The zero-order valence-corrected chi connectivity index (χ0v) is 19.5. The van der Waals surface area contributed by atoms with E-state index in [9.17, 15) is 0 Å². The van der Waals surface area contributed by atoms with E-state index in [1.807, 2.05) is 0 Å². The van der Waals surface area contributed by atoms with Gasteiger partial charge in [-0.25, -0.2) is 0 Å². The molecule has 1 aliphatic carbocycles. The predicted molar refractivity (Wildman–Crippen MR) is 127 cm³/mol. The van der Waals surface area contributed by atoms with Crippen LogP contribution in [0.3, 0.4) is 0 Å². The first-order chi connectivity index (χ1) is 14.3. The van der Waals surface area contributed by atoms with Crippen LogP contribution in [0.1, 0.15) is 96.6 Å². The van der Waals surface area contributed by atoms with E-state index in [0.717, 1.165) is 5.46 Å². The van der Waals surface area contributed by atoms with Crippen LogP contribution in [0.4, 0.5) is 0 Å². The molecule has 0 bridgehead atoms. The van der Waals surface area contributed by atoms with Crippen molar-refractivity contribution in [3.8, 4) is 11.1 Å². The molecular formula is C27H37BO2. The van der Waals surface area contributed by atoms with Crippen molar-refractivity contribution in [3.05, 3.63) is 53.6 Å². The summed E-state index contributed by atoms with van der Waals surface area (Å²) in [6.07, 6.45) is 9.28. The van der Waals surface area contributed by atoms with Crippen molar-refractivity contribution in [1.82, 2.24) is 0 Å². The summed E-state index contributed by atoms with van der Waals surface area (Å²) in [5, 5.41) is 0. The third kappa shape index (κ3) is 3.99. The van der Waals surface area contributed by atoms with Gasteiger partial charge >= 0.3 is 7.12 Å². The molecule has 2 aliphatic rings. The summed E-state index contributed by atoms with van der Waals surface area (Å²) in [5.41, 5.74) is 6.28. The van der Waals surface area contributed by atoms with E-state index >= 15 is 0 Å². The number of unbranched alkanes of at least 4 members (excludes halogenated alkanes) is 5. The molecule has 1 heterocycles. The van der Waals surface area contributed by atoms with Gasteiger partial charge in [0.1, 0.15) is 0 Å². The fraction of sp³-hybridized carbons (Fsp3) is 0.556. The van der Waals surface area contributed by atoms with Gasteiger partial charge in [-0.05, 0) is 61.8 Å². The summed E-state index contributed by atoms with van der Waals surface area (Å²) in [5.74, 6) is 0.491. The van der Waals surface area contributed by atoms with Crippen LogP contribution in [0, 0.1) is 0 Å². The van der Waals surface area contributed by atoms with Gasteiger partial charge in [-0.1, -0.05) is 87.9 Å². The zero-order chi connectivity index (χ0) is 21.4. The van der Waals surface area contributed by atoms with Gasteiger partial charge in [0.05, 0.1) is 11.2 Å². The second kappa shape index (κ2) is 8.51. The van der Waals surface area contributed by atoms with Crippen LogP contribution in [0.5, 0.6) is 0 Å². The highest BCUT2D eigenvalue weighted by Gasteiger charge is 2.51. The maximum absolute atomic E-state index is 6.34. The number of rotatable bonds is 8. The smallest absolute Gasteiger partial charge is 0.399 e. The highest BCUT2D eigenvalue weighted by molar-refractivity contribution is 6.62. The molecule has 3 heteroatoms. The van der Waals surface area contributed by atoms with Crippen molar-refractivity contribution in [1.29, 1.82) is 0 Å². The van der Waals surface area contributed by atoms with Gasteiger partial charge < -0.3 is 9.31 Å². The highest BCUT2D eigenvalue weighted by atomic mass is 16.7. The second-order valence-corrected chi connectivity index (χ2v) is 10.1. The quantitative estimate of drug-likeness (QED) is 0.354. The highest BCUT2D eigenvalue weighted by Crippen LogP contribution is 2.47. The maximum Gasteiger partial charge on any atom is 0.494 e. The molecule has 1 saturated heterocycles. The van der Waals surface area contributed by atoms with Crippen LogP contribution >= 0.6 is 0 Å². The Morgan fingerprint density at radius 2 is 1.40 bits per heavy atom. The van der Waals surface area contributed by atoms with E-state index in [0.29, 0.717) is 5.92 Å². The minimum Gasteiger partial charge on any atom is -0.399 e. The van der Waals surface area contributed by atoms with Crippen molar-refractivity contribution in [2.45, 2.75) is 96.7 Å². The Bertz CT molecular complexity index is 870. The molecular weight excluding hydrogens is 367 g/mol. The Morgan fingerprint density at radius 1 is 0.767 bits per heavy atom. The van der Waals surface area contributed by atoms with Crippen molar-refractivity contribution in [2.24, 2.45) is 0 Å². The van der Waals surface area contributed by atoms with Gasteiger partial charge in [0, 0.05) is 5.92 Å². The van der Waals surface area contributed by atoms with Crippen LogP contribution in [0.25, 0.3) is 11.1 Å². The molecule has 0 saturated carbocycles. The molecule has 1 aliphatic heterocycles. The molecule has 4 rings (SSSR count). The Hall–Kier alpha value is -1.58. The molecule has 30 heavy (non-hydrogen) atoms. The lowest BCUT2D eigenvalue weighted by molar-refractivity contribution is 0.00578. The standard InChI is InChI=1S/C27H37BO2/c1-6-7-8-9-10-11-14-23-21-15-12-13-16-22(21)24-18-17-20(19-25(23)24)28-29-26(2,3)27(4,5)30-28/h12-13,15-19,23H,6-11,14H2,1-5H3. The molecule has 1 fully saturated rings. The van der Waals surface area contributed by atoms with E-state index in [4.69, 9.17) is 9.31 Å². The van der Waals surface area contributed by atoms with Crippen LogP contribution in [-0.4, -0.2) is 18.3 Å². The fourth-order valence-electron chi connectivity index (χ4n) is 4.89. The lowest BCUT2D eigenvalue weighted by Crippen LogP contribution is -2.41. The topological polar surface area (TPSA) is 18.5 Å². The Labute approximate surface area is 183 Å². The molecule has 1 unspecified atom stereocenters. The Balaban J connectivity index is 1.56. The minimum atomic E-state index is -0.308. The van der Waals surface area contributed by atoms with E-state index in [2.05, 4.69) is 77.1 Å². The average Bonchev–Trinajstić information content (AvgIpc) is 3.14. The van der Waals surface area contributed by atoms with E-state index < -0.39 is 0 Å². The number of benzene rings is 2. The molecule has 0 N–H and O–H groups in total. The monoisotopic (exact) mass is 404 g/mol. The van der Waals surface area contributed by atoms with Crippen molar-refractivity contribution < 1.29 is 9.31 Å². The Morgan fingerprint density at radius 3 is 2.13 bits per heavy atom. The van der Waals surface area contributed by atoms with Crippen molar-refractivity contribution >= 4 is 12.6 Å². The number of hydrogen-bond donors (Lipinski definition) is 0. The van der Waals surface area contributed by atoms with Crippen molar-refractivity contribution in [3.63, 3.8) is 0 Å². The molecule has 0 aromatic heterocycles. The SMILES string of the molecule is CCCCCCCCC1c2ccccc2-c2ccc(B3OC(C)(C)C(C)(C)O3)cc21. The molecule has 0 radical (unpaired) electrons. The number of fused-ring (bicyclic) bond motifs is 3. The normalized spacial score (nSPS) is 21.0. The van der Waals surface area contributed by atoms with Crippen molar-refractivity contribution in [2.75, 3.05) is 0 Å². The Kier molecular flexibility index (Phi) is 6.14. The summed E-state index contributed by atoms with van der Waals surface area (Å²) in [6.45, 7) is 10.8. The first kappa shape index (κ1) is 21.6. The lowest BCUT2D eigenvalue weighted by atomic mass is 9.76. The van der Waals surface area contributed by atoms with E-state index in [1.54, 1.807) is 0 Å². The second-order valence-electron chi connectivity index (χ2n) is 10.1. The summed E-state index contributed by atoms with van der Waals surface area (Å²) in [6, 6.07) is 15.8. The molecule has 0 spiro atoms. The van der Waals surface area contributed by atoms with E-state index in [1.165, 1.54) is 67.2 Å². The van der Waals surface area contributed by atoms with Crippen LogP contribution in [-0.2, 0) is 9.31 Å². The third-order valence-electron chi connectivity index (χ3n) is 7.45. The first-order valence-electron chi connectivity index (χ1n) is 11.9. The third-order valence-corrected chi connectivity index (χ3v) is 7.45. The molecule has 2 aromatic rings. The predicted octanol–water partition coefficient (Wildman–Crippen LogP) is 6.85. The number of hydrogen-bond acceptors (Lipinski definition) is 2. The first-order valence-corrected chi connectivity index (χ1v) is 11.9. The van der Waals surface area contributed by atoms with Gasteiger partial charge in [-0.15, -0.1) is 0 Å². The molecule has 1 atom stereocenters. The van der Waals surface area contributed by atoms with Gasteiger partial charge in [-0.3, -0.25) is 0 Å². The molecule has 0 amide bonds. The largest absolute Gasteiger partial charge is 0.494 e. The molecule has 2 nitrogen and oxygen atoms in total. The maximum atomic E-state index is 6.34. The summed E-state index contributed by atoms with van der Waals surface area (Å²) < 4.78 is 12.7. The molecule has 2 aromatic carbocycles. The van der Waals surface area contributed by atoms with Gasteiger partial charge in [-0.2, -0.15) is 0 Å². The van der Waals surface area contributed by atoms with Gasteiger partial charge in [0.2, 0.25) is 0 Å². The van der Waals surface area contributed by atoms with Crippen LogP contribution < -0.4 is 5.46 Å². The molecule has 160 valence electrons. The van der Waals surface area contributed by atoms with E-state index in [-0.39, 0.29) is 18.3 Å². The van der Waals surface area contributed by atoms with Crippen LogP contribution in [0.2, 0.25) is 0 Å². The van der Waals surface area contributed by atoms with Gasteiger partial charge in [0.15, 0.2) is 0 Å². The lowest BCUT2D eigenvalue weighted by Gasteiger charge is -2.32. The fourth-order valence-corrected chi connectivity index (χ4v) is 4.89. The summed E-state index contributed by atoms with van der Waals surface area (Å²) in [4.78, 5) is 0. The zero-order valence-electron chi connectivity index (χ0n) is 19.5. The van der Waals surface area contributed by atoms with Gasteiger partial charge in [0.25, 0.3) is 0 Å². The average molecular weight is 404 g/mol. The summed E-state index contributed by atoms with van der Waals surface area (Å²) >= 11 is 0. The minimum absolute atomic E-state index is 0.293. The summed E-state index contributed by atoms with van der Waals surface area (Å²) in [7, 11) is -0.293. The van der Waals surface area contributed by atoms with Crippen LogP contribution in [0.15, 0.2) is 42.5 Å².